The maximum atomic E-state index is 13.4. The van der Waals surface area contributed by atoms with E-state index >= 15 is 0 Å². The van der Waals surface area contributed by atoms with Gasteiger partial charge in [-0.05, 0) is 136 Å². The monoisotopic (exact) mass is 1650 g/mol. The number of rotatable bonds is 18. The molecule has 628 valence electrons. The molecule has 8 N–H and O–H groups in total. The quantitative estimate of drug-likeness (QED) is 0.0393. The summed E-state index contributed by atoms with van der Waals surface area (Å²) >= 11 is 0. The Morgan fingerprint density at radius 2 is 0.862 bits per heavy atom. The van der Waals surface area contributed by atoms with Gasteiger partial charge in [-0.25, -0.2) is 53.5 Å². The molecule has 8 aromatic heterocycles. The lowest BCUT2D eigenvalue weighted by Gasteiger charge is -2.35. The predicted octanol–water partition coefficient (Wildman–Crippen LogP) is 11.5. The van der Waals surface area contributed by atoms with Crippen molar-refractivity contribution in [3.63, 3.8) is 0 Å². The largest absolute Gasteiger partial charge is 0.410 e. The predicted molar refractivity (Wildman–Crippen MR) is 477 cm³/mol. The van der Waals surface area contributed by atoms with Crippen molar-refractivity contribution in [1.82, 2.24) is 56.9 Å². The van der Waals surface area contributed by atoms with Crippen molar-refractivity contribution in [3.8, 4) is 11.9 Å². The summed E-state index contributed by atoms with van der Waals surface area (Å²) in [6.07, 6.45) is 9.97. The van der Waals surface area contributed by atoms with Crippen molar-refractivity contribution in [2.24, 2.45) is 44.3 Å². The van der Waals surface area contributed by atoms with Gasteiger partial charge in [0.05, 0.1) is 73.0 Å². The van der Waals surface area contributed by atoms with Gasteiger partial charge in [0, 0.05) is 135 Å². The van der Waals surface area contributed by atoms with Crippen LogP contribution in [0, 0.1) is 57.4 Å². The molecule has 17 rings (SSSR count). The first kappa shape index (κ1) is 85.2. The number of piperidine rings is 4. The normalized spacial score (nSPS) is 16.4. The lowest BCUT2D eigenvalue weighted by molar-refractivity contribution is -0.120. The third-order valence-electron chi connectivity index (χ3n) is 23.5. The van der Waals surface area contributed by atoms with Gasteiger partial charge < -0.3 is 46.6 Å². The number of aromatic nitrogens is 12. The number of H-pyrrole nitrogens is 1. The molecule has 12 heterocycles. The van der Waals surface area contributed by atoms with Gasteiger partial charge in [-0.2, -0.15) is 10.2 Å². The number of carbonyl (C=O) groups is 1. The summed E-state index contributed by atoms with van der Waals surface area (Å²) in [7, 11) is 5.08. The SMILES string of the molecule is [C-]#[N+]c1ccccc1Cn1c(=O)[nH]c2nc(C)cc(N3CCC[C@@H](N)C3)c21.[C-]#[N+]c1ccccc1Cn1c(=O)n(C)c2nc(C)cc(N3CCC[C@@H](CCc4ccccc4C#N)C3)c21.[C-]#[N+]c1ccccc1Cn1c(=O)n(C)c2nc(CO)cc(N3CCC[C@@H](N)C3)c21.[C-]#[N+]c1ccccc1Cn1c(=O)n(C)c2nc(OC=O)cc(N3CCC[C@@H](N)C3)c21. The lowest BCUT2D eigenvalue weighted by atomic mass is 9.90. The molecule has 4 saturated heterocycles. The Hall–Kier alpha value is -14.3. The summed E-state index contributed by atoms with van der Waals surface area (Å²) in [5, 5.41) is 19.2. The zero-order chi connectivity index (χ0) is 86.7. The number of pyridine rings is 4. The molecule has 31 nitrogen and oxygen atoms in total. The van der Waals surface area contributed by atoms with Crippen LogP contribution in [0.5, 0.6) is 5.88 Å². The number of benzene rings is 5. The van der Waals surface area contributed by atoms with Crippen LogP contribution in [0.2, 0.25) is 0 Å². The fraction of sp³-hybridized carbons (Fsp3) is 0.348. The second kappa shape index (κ2) is 38.0. The molecule has 4 fully saturated rings. The molecule has 123 heavy (non-hydrogen) atoms. The van der Waals surface area contributed by atoms with Crippen LogP contribution in [-0.2, 0) is 65.1 Å². The topological polar surface area (TPSA) is 349 Å². The van der Waals surface area contributed by atoms with Crippen LogP contribution in [-0.4, -0.2) is 139 Å². The van der Waals surface area contributed by atoms with Gasteiger partial charge in [0.1, 0.15) is 22.1 Å². The summed E-state index contributed by atoms with van der Waals surface area (Å²) in [6, 6.07) is 47.4. The maximum absolute atomic E-state index is 13.4. The van der Waals surface area contributed by atoms with Crippen LogP contribution in [0.25, 0.3) is 64.0 Å². The summed E-state index contributed by atoms with van der Waals surface area (Å²) in [5.74, 6) is 0.622. The van der Waals surface area contributed by atoms with Crippen LogP contribution in [0.4, 0.5) is 45.5 Å². The maximum Gasteiger partial charge on any atom is 0.330 e. The molecule has 0 amide bonds. The number of anilines is 4. The smallest absolute Gasteiger partial charge is 0.330 e. The zero-order valence-corrected chi connectivity index (χ0v) is 69.6. The Balaban J connectivity index is 0.000000135. The Morgan fingerprint density at radius 3 is 1.29 bits per heavy atom. The number of imidazole rings is 4. The standard InChI is InChI=1S/C30H30N6O.C21H22N6O3.C21H24N6O2.C20H22N6O/c1-21-17-27(35-16-8-9-22(19-35)14-15-23-10-4-5-11-24(23)18-31)28-29(33-21)34(3)30(37)36(28)20-25-12-6-7-13-26(25)32-2;1-23-16-8-4-3-6-14(16)11-27-19-17(26-9-5-7-15(22)12-26)10-18(30-13-28)24-20(19)25(2)21(27)29;1-23-17-8-4-3-6-14(17)11-27-19-18(26-9-5-7-15(22)12-26)10-16(13-28)24-20(19)25(2)21(27)29;1-13-10-17(25-9-5-7-15(21)12-25)18-19(23-13)24-20(27)26(18)11-14-6-3-4-8-16(14)22-2/h4-7,10-13,17,22H,8-9,14-16,19-20H2,1,3H3;3-4,6,8,10,13,15H,5,7,9,11-12,22H2,2H3;3-4,6,8,10,15,28H,5,7,9,11-13,22H2,2H3;3-4,6,8,10,15H,5,7,9,11-12,21H2,1H3,(H,23,24,27)/t22-;3*15-/m0111/s1. The van der Waals surface area contributed by atoms with Gasteiger partial charge in [0.2, 0.25) is 5.88 Å². The molecule has 0 radical (unpaired) electrons. The first-order valence-corrected chi connectivity index (χ1v) is 41.3. The molecule has 4 aliphatic rings. The number of aliphatic hydroxyl groups excluding tert-OH is 1. The molecule has 4 aliphatic heterocycles. The summed E-state index contributed by atoms with van der Waals surface area (Å²) in [5.41, 5.74) is 35.9. The van der Waals surface area contributed by atoms with Crippen molar-refractivity contribution in [1.29, 1.82) is 5.26 Å². The van der Waals surface area contributed by atoms with Crippen LogP contribution < -0.4 is 64.3 Å². The summed E-state index contributed by atoms with van der Waals surface area (Å²) in [6.45, 7) is 41.4. The van der Waals surface area contributed by atoms with E-state index in [0.717, 1.165) is 182 Å². The molecule has 5 aromatic carbocycles. The van der Waals surface area contributed by atoms with E-state index in [2.05, 4.69) is 77.1 Å². The number of aryl methyl sites for hydroxylation is 6. The molecule has 0 bridgehead atoms. The Kier molecular flexibility index (Phi) is 26.3. The number of para-hydroxylation sites is 4. The van der Waals surface area contributed by atoms with Gasteiger partial charge >= 0.3 is 22.8 Å². The number of aromatic amines is 1. The van der Waals surface area contributed by atoms with Crippen molar-refractivity contribution in [2.45, 2.75) is 129 Å². The number of nitriles is 1. The molecular weight excluding hydrogens is 1550 g/mol. The van der Waals surface area contributed by atoms with Crippen LogP contribution in [0.1, 0.15) is 108 Å². The van der Waals surface area contributed by atoms with Crippen molar-refractivity contribution in [3.05, 3.63) is 284 Å². The number of ether oxygens (including phenoxy) is 1. The molecule has 4 atom stereocenters. The Morgan fingerprint density at radius 1 is 0.488 bits per heavy atom. The molecule has 31 heteroatoms. The minimum Gasteiger partial charge on any atom is -0.410 e. The number of nitrogens with one attached hydrogen (secondary N) is 1. The van der Waals surface area contributed by atoms with Crippen LogP contribution in [0.15, 0.2) is 165 Å². The van der Waals surface area contributed by atoms with E-state index in [1.165, 1.54) is 9.13 Å². The Labute approximate surface area is 710 Å². The van der Waals surface area contributed by atoms with Crippen molar-refractivity contribution < 1.29 is 14.6 Å². The number of hydrogen-bond acceptors (Lipinski definition) is 19. The van der Waals surface area contributed by atoms with E-state index in [9.17, 15) is 34.3 Å². The van der Waals surface area contributed by atoms with E-state index < -0.39 is 0 Å². The number of carbonyl (C=O) groups excluding carboxylic acids is 1. The average molecular weight is 1650 g/mol. The highest BCUT2D eigenvalue weighted by Gasteiger charge is 2.31. The average Bonchev–Trinajstić information content (AvgIpc) is 1.62. The molecule has 0 aliphatic carbocycles. The first-order valence-electron chi connectivity index (χ1n) is 41.3. The van der Waals surface area contributed by atoms with E-state index in [0.29, 0.717) is 101 Å². The van der Waals surface area contributed by atoms with E-state index in [1.54, 1.807) is 80.4 Å². The van der Waals surface area contributed by atoms with Gasteiger partial charge in [-0.15, -0.1) is 0 Å². The molecule has 0 saturated carbocycles. The molecular formula is C92H98N24O7. The van der Waals surface area contributed by atoms with Crippen molar-refractivity contribution >= 4 is 96.6 Å². The van der Waals surface area contributed by atoms with Gasteiger partial charge in [0.25, 0.3) is 6.47 Å². The van der Waals surface area contributed by atoms with Crippen molar-refractivity contribution in [2.75, 3.05) is 72.0 Å². The summed E-state index contributed by atoms with van der Waals surface area (Å²) < 4.78 is 16.3. The second-order valence-corrected chi connectivity index (χ2v) is 31.8. The van der Waals surface area contributed by atoms with Gasteiger partial charge in [0.15, 0.2) is 45.3 Å². The fourth-order valence-electron chi connectivity index (χ4n) is 17.4. The number of nitrogens with zero attached hydrogens (tertiary/aromatic N) is 20. The minimum atomic E-state index is -0.261. The molecule has 0 unspecified atom stereocenters. The molecule has 0 spiro atoms. The third-order valence-corrected chi connectivity index (χ3v) is 23.5. The van der Waals surface area contributed by atoms with Crippen LogP contribution in [0.3, 0.4) is 0 Å². The second-order valence-electron chi connectivity index (χ2n) is 31.8. The third kappa shape index (κ3) is 18.3. The van der Waals surface area contributed by atoms with Crippen LogP contribution >= 0.6 is 0 Å². The first-order chi connectivity index (χ1) is 59.6. The van der Waals surface area contributed by atoms with Gasteiger partial charge in [-0.1, -0.05) is 115 Å². The Bertz CT molecular complexity index is 6620. The highest BCUT2D eigenvalue weighted by Crippen LogP contribution is 2.38. The zero-order valence-electron chi connectivity index (χ0n) is 69.6. The van der Waals surface area contributed by atoms with E-state index in [1.807, 2.05) is 111 Å². The fourth-order valence-corrected chi connectivity index (χ4v) is 17.4. The lowest BCUT2D eigenvalue weighted by Crippen LogP contribution is -2.43. The summed E-state index contributed by atoms with van der Waals surface area (Å²) in [4.78, 5) is 108. The number of hydrogen-bond donors (Lipinski definition) is 5. The highest BCUT2D eigenvalue weighted by molar-refractivity contribution is 5.91. The van der Waals surface area contributed by atoms with E-state index in [-0.39, 0.29) is 66.5 Å². The highest BCUT2D eigenvalue weighted by atomic mass is 16.5. The van der Waals surface area contributed by atoms with Gasteiger partial charge in [-0.3, -0.25) is 41.7 Å². The number of aliphatic hydroxyl groups is 1. The van der Waals surface area contributed by atoms with E-state index in [4.69, 9.17) is 53.2 Å². The number of fused-ring (bicyclic) bond motifs is 4. The molecule has 13 aromatic rings. The minimum absolute atomic E-state index is 0.0177. The number of nitrogens with two attached hydrogens (primary N) is 3.